The molecule has 7 nitrogen and oxygen atoms in total. The predicted octanol–water partition coefficient (Wildman–Crippen LogP) is 2.98. The molecule has 156 valence electrons. The summed E-state index contributed by atoms with van der Waals surface area (Å²) in [7, 11) is 0. The molecule has 0 saturated heterocycles. The summed E-state index contributed by atoms with van der Waals surface area (Å²) >= 11 is 5.95. The number of benzene rings is 1. The first-order valence-electron chi connectivity index (χ1n) is 8.33. The van der Waals surface area contributed by atoms with Crippen LogP contribution in [0.3, 0.4) is 0 Å². The second kappa shape index (κ2) is 8.24. The number of hydrogen-bond acceptors (Lipinski definition) is 4. The van der Waals surface area contributed by atoms with Crippen molar-refractivity contribution in [3.8, 4) is 11.4 Å². The molecule has 1 aromatic carbocycles. The van der Waals surface area contributed by atoms with Gasteiger partial charge in [-0.15, -0.1) is 0 Å². The molecule has 0 aliphatic heterocycles. The molecule has 0 radical (unpaired) electrons. The van der Waals surface area contributed by atoms with E-state index in [1.165, 1.54) is 11.4 Å². The maximum absolute atomic E-state index is 12.7. The number of halogens is 4. The average molecular weight is 431 g/mol. The van der Waals surface area contributed by atoms with E-state index in [2.05, 4.69) is 10.3 Å². The van der Waals surface area contributed by atoms with Crippen LogP contribution in [0.15, 0.2) is 35.3 Å². The Labute approximate surface area is 168 Å². The molecule has 0 spiro atoms. The van der Waals surface area contributed by atoms with E-state index in [1.54, 1.807) is 39.0 Å². The Morgan fingerprint density at radius 2 is 1.86 bits per heavy atom. The molecule has 0 aliphatic rings. The van der Waals surface area contributed by atoms with Crippen LogP contribution in [0.25, 0.3) is 11.4 Å². The molecule has 2 N–H and O–H groups in total. The number of carbonyl (C=O) groups is 2. The molecule has 0 unspecified atom stereocenters. The fourth-order valence-corrected chi connectivity index (χ4v) is 2.57. The van der Waals surface area contributed by atoms with Gasteiger partial charge in [-0.3, -0.25) is 19.0 Å². The lowest BCUT2D eigenvalue weighted by atomic mass is 10.1. The Kier molecular flexibility index (Phi) is 6.37. The summed E-state index contributed by atoms with van der Waals surface area (Å²) in [6, 6.07) is 6.22. The highest BCUT2D eigenvalue weighted by Crippen LogP contribution is 2.22. The summed E-state index contributed by atoms with van der Waals surface area (Å²) in [4.78, 5) is 40.2. The van der Waals surface area contributed by atoms with Crippen LogP contribution >= 0.6 is 11.6 Å². The highest BCUT2D eigenvalue weighted by molar-refractivity contribution is 6.30. The highest BCUT2D eigenvalue weighted by Gasteiger charge is 2.39. The van der Waals surface area contributed by atoms with Crippen molar-refractivity contribution in [1.82, 2.24) is 14.9 Å². The summed E-state index contributed by atoms with van der Waals surface area (Å²) in [5.74, 6) is -2.88. The number of rotatable bonds is 4. The summed E-state index contributed by atoms with van der Waals surface area (Å²) in [5, 5.41) is 4.46. The van der Waals surface area contributed by atoms with Crippen LogP contribution in [0.1, 0.15) is 20.8 Å². The van der Waals surface area contributed by atoms with Crippen LogP contribution in [-0.2, 0) is 16.1 Å². The molecular formula is C18H18ClF3N4O3. The average Bonchev–Trinajstić information content (AvgIpc) is 2.56. The molecular weight excluding hydrogens is 413 g/mol. The summed E-state index contributed by atoms with van der Waals surface area (Å²) < 4.78 is 38.5. The highest BCUT2D eigenvalue weighted by atomic mass is 35.5. The molecule has 0 atom stereocenters. The molecule has 0 aliphatic carbocycles. The number of anilines is 1. The molecule has 0 bridgehead atoms. The van der Waals surface area contributed by atoms with Crippen molar-refractivity contribution in [1.29, 1.82) is 0 Å². The number of nitrogens with zero attached hydrogens (tertiary/aromatic N) is 2. The first-order chi connectivity index (χ1) is 13.3. The summed E-state index contributed by atoms with van der Waals surface area (Å²) in [6.07, 6.45) is -4.38. The van der Waals surface area contributed by atoms with Crippen molar-refractivity contribution >= 4 is 29.1 Å². The van der Waals surface area contributed by atoms with Gasteiger partial charge in [0.05, 0.1) is 6.20 Å². The smallest absolute Gasteiger partial charge is 0.350 e. The third kappa shape index (κ3) is 6.05. The van der Waals surface area contributed by atoms with Crippen LogP contribution in [-0.4, -0.2) is 33.1 Å². The van der Waals surface area contributed by atoms with Crippen molar-refractivity contribution in [3.05, 3.63) is 45.8 Å². The Hall–Kier alpha value is -2.88. The molecule has 1 aromatic heterocycles. The lowest BCUT2D eigenvalue weighted by Crippen LogP contribution is -2.44. The van der Waals surface area contributed by atoms with Crippen LogP contribution in [0.5, 0.6) is 0 Å². The van der Waals surface area contributed by atoms with Gasteiger partial charge in [-0.2, -0.15) is 13.2 Å². The van der Waals surface area contributed by atoms with Gasteiger partial charge < -0.3 is 10.6 Å². The Balaban J connectivity index is 2.54. The topological polar surface area (TPSA) is 93.1 Å². The third-order valence-corrected chi connectivity index (χ3v) is 3.69. The van der Waals surface area contributed by atoms with Crippen molar-refractivity contribution in [2.24, 2.45) is 0 Å². The van der Waals surface area contributed by atoms with Gasteiger partial charge >= 0.3 is 12.1 Å². The van der Waals surface area contributed by atoms with E-state index in [0.29, 0.717) is 10.6 Å². The minimum Gasteiger partial charge on any atom is -0.350 e. The molecule has 1 heterocycles. The zero-order valence-corrected chi connectivity index (χ0v) is 16.5. The Bertz CT molecular complexity index is 997. The third-order valence-electron chi connectivity index (χ3n) is 3.45. The Morgan fingerprint density at radius 3 is 2.41 bits per heavy atom. The zero-order chi connectivity index (χ0) is 22.0. The summed E-state index contributed by atoms with van der Waals surface area (Å²) in [5.41, 5.74) is -1.96. The molecule has 2 rings (SSSR count). The minimum absolute atomic E-state index is 0.00608. The molecule has 2 aromatic rings. The maximum Gasteiger partial charge on any atom is 0.471 e. The van der Waals surface area contributed by atoms with Gasteiger partial charge in [-0.05, 0) is 32.9 Å². The largest absolute Gasteiger partial charge is 0.471 e. The molecule has 0 fully saturated rings. The number of nitrogens with one attached hydrogen (secondary N) is 2. The zero-order valence-electron chi connectivity index (χ0n) is 15.7. The molecule has 29 heavy (non-hydrogen) atoms. The van der Waals surface area contributed by atoms with Gasteiger partial charge in [-0.1, -0.05) is 23.7 Å². The number of amides is 2. The van der Waals surface area contributed by atoms with Gasteiger partial charge in [0.25, 0.3) is 5.56 Å². The fourth-order valence-electron chi connectivity index (χ4n) is 2.38. The molecule has 2 amide bonds. The minimum atomic E-state index is -5.19. The van der Waals surface area contributed by atoms with E-state index < -0.39 is 41.3 Å². The number of carbonyl (C=O) groups excluding carboxylic acids is 2. The number of aromatic nitrogens is 2. The SMILES string of the molecule is CC(C)(C)NC(=O)Cn1c(-c2cccc(Cl)c2)ncc(NC(=O)C(F)(F)F)c1=O. The lowest BCUT2D eigenvalue weighted by molar-refractivity contribution is -0.167. The van der Waals surface area contributed by atoms with Gasteiger partial charge in [-0.25, -0.2) is 4.98 Å². The first-order valence-corrected chi connectivity index (χ1v) is 8.71. The van der Waals surface area contributed by atoms with Gasteiger partial charge in [0.2, 0.25) is 5.91 Å². The van der Waals surface area contributed by atoms with Crippen molar-refractivity contribution in [2.75, 3.05) is 5.32 Å². The van der Waals surface area contributed by atoms with Gasteiger partial charge in [0, 0.05) is 16.1 Å². The van der Waals surface area contributed by atoms with Crippen LogP contribution in [0.2, 0.25) is 5.02 Å². The normalized spacial score (nSPS) is 11.8. The molecule has 0 saturated carbocycles. The van der Waals surface area contributed by atoms with E-state index in [0.717, 1.165) is 10.8 Å². The standard InChI is InChI=1S/C18H18ClF3N4O3/c1-17(2,3)25-13(27)9-26-14(10-5-4-6-11(19)7-10)23-8-12(15(26)28)24-16(29)18(20,21)22/h4-8H,9H2,1-3H3,(H,24,29)(H,25,27). The van der Waals surface area contributed by atoms with Gasteiger partial charge in [0.1, 0.15) is 18.1 Å². The predicted molar refractivity (Wildman–Crippen MR) is 102 cm³/mol. The van der Waals surface area contributed by atoms with E-state index in [9.17, 15) is 27.6 Å². The van der Waals surface area contributed by atoms with E-state index >= 15 is 0 Å². The van der Waals surface area contributed by atoms with Crippen LogP contribution in [0, 0.1) is 0 Å². The second-order valence-electron chi connectivity index (χ2n) is 7.15. The lowest BCUT2D eigenvalue weighted by Gasteiger charge is -2.21. The van der Waals surface area contributed by atoms with Crippen molar-refractivity contribution < 1.29 is 22.8 Å². The Morgan fingerprint density at radius 1 is 1.21 bits per heavy atom. The summed E-state index contributed by atoms with van der Waals surface area (Å²) in [6.45, 7) is 4.65. The van der Waals surface area contributed by atoms with Gasteiger partial charge in [0.15, 0.2) is 0 Å². The second-order valence-corrected chi connectivity index (χ2v) is 7.58. The first kappa shape index (κ1) is 22.4. The van der Waals surface area contributed by atoms with E-state index in [1.807, 2.05) is 0 Å². The fraction of sp³-hybridized carbons (Fsp3) is 0.333. The van der Waals surface area contributed by atoms with Crippen LogP contribution < -0.4 is 16.2 Å². The van der Waals surface area contributed by atoms with E-state index in [-0.39, 0.29) is 5.82 Å². The number of alkyl halides is 3. The molecule has 11 heteroatoms. The van der Waals surface area contributed by atoms with E-state index in [4.69, 9.17) is 11.6 Å². The van der Waals surface area contributed by atoms with Crippen molar-refractivity contribution in [2.45, 2.75) is 39.0 Å². The quantitative estimate of drug-likeness (QED) is 0.779. The monoisotopic (exact) mass is 430 g/mol. The maximum atomic E-state index is 12.7. The number of hydrogen-bond donors (Lipinski definition) is 2. The van der Waals surface area contributed by atoms with Crippen molar-refractivity contribution in [3.63, 3.8) is 0 Å². The van der Waals surface area contributed by atoms with Crippen LogP contribution in [0.4, 0.5) is 18.9 Å².